The van der Waals surface area contributed by atoms with Crippen LogP contribution >= 0.6 is 0 Å². The Morgan fingerprint density at radius 3 is 2.39 bits per heavy atom. The molecule has 2 heterocycles. The highest BCUT2D eigenvalue weighted by molar-refractivity contribution is 5.76. The van der Waals surface area contributed by atoms with Gasteiger partial charge in [0.25, 0.3) is 0 Å². The van der Waals surface area contributed by atoms with Crippen LogP contribution in [0.4, 0.5) is 4.79 Å². The van der Waals surface area contributed by atoms with Gasteiger partial charge < -0.3 is 15.5 Å². The molecule has 0 radical (unpaired) electrons. The van der Waals surface area contributed by atoms with E-state index in [4.69, 9.17) is 0 Å². The van der Waals surface area contributed by atoms with E-state index >= 15 is 0 Å². The number of nitrogens with zero attached hydrogens (tertiary/aromatic N) is 1. The number of rotatable bonds is 3. The average Bonchev–Trinajstić information content (AvgIpc) is 3.30. The maximum atomic E-state index is 12.5. The van der Waals surface area contributed by atoms with E-state index in [-0.39, 0.29) is 11.6 Å². The molecule has 0 unspecified atom stereocenters. The van der Waals surface area contributed by atoms with Crippen LogP contribution in [0.15, 0.2) is 30.3 Å². The second-order valence-electron chi connectivity index (χ2n) is 7.62. The Labute approximate surface area is 138 Å². The molecule has 1 aromatic rings. The Morgan fingerprint density at radius 2 is 1.78 bits per heavy atom. The van der Waals surface area contributed by atoms with Crippen LogP contribution < -0.4 is 10.6 Å². The van der Waals surface area contributed by atoms with Crippen LogP contribution in [0, 0.1) is 0 Å². The quantitative estimate of drug-likeness (QED) is 0.901. The van der Waals surface area contributed by atoms with Gasteiger partial charge in [-0.15, -0.1) is 0 Å². The summed E-state index contributed by atoms with van der Waals surface area (Å²) >= 11 is 0. The third kappa shape index (κ3) is 2.97. The van der Waals surface area contributed by atoms with Gasteiger partial charge in [-0.3, -0.25) is 0 Å². The molecule has 2 atom stereocenters. The molecule has 4 rings (SSSR count). The van der Waals surface area contributed by atoms with E-state index in [0.29, 0.717) is 18.1 Å². The van der Waals surface area contributed by atoms with Crippen LogP contribution in [0.5, 0.6) is 0 Å². The van der Waals surface area contributed by atoms with Crippen molar-refractivity contribution in [2.75, 3.05) is 7.05 Å². The summed E-state index contributed by atoms with van der Waals surface area (Å²) in [5, 5.41) is 6.50. The zero-order chi connectivity index (χ0) is 15.9. The van der Waals surface area contributed by atoms with Gasteiger partial charge in [0.2, 0.25) is 0 Å². The van der Waals surface area contributed by atoms with Crippen molar-refractivity contribution in [3.63, 3.8) is 0 Å². The number of benzene rings is 1. The molecule has 1 aromatic carbocycles. The number of carbonyl (C=O) groups excluding carboxylic acids is 1. The Kier molecular flexibility index (Phi) is 3.80. The van der Waals surface area contributed by atoms with Crippen molar-refractivity contribution in [3.8, 4) is 0 Å². The lowest BCUT2D eigenvalue weighted by Gasteiger charge is -2.47. The number of hydrogen-bond donors (Lipinski definition) is 2. The van der Waals surface area contributed by atoms with Crippen LogP contribution in [-0.2, 0) is 5.54 Å². The number of hydrogen-bond acceptors (Lipinski definition) is 2. The Morgan fingerprint density at radius 1 is 1.13 bits per heavy atom. The minimum absolute atomic E-state index is 0.0129. The maximum Gasteiger partial charge on any atom is 0.315 e. The highest BCUT2D eigenvalue weighted by Gasteiger charge is 2.46. The van der Waals surface area contributed by atoms with Gasteiger partial charge in [0.15, 0.2) is 0 Å². The summed E-state index contributed by atoms with van der Waals surface area (Å²) < 4.78 is 0. The first kappa shape index (κ1) is 15.0. The lowest BCUT2D eigenvalue weighted by Crippen LogP contribution is -2.57. The summed E-state index contributed by atoms with van der Waals surface area (Å²) in [5.41, 5.74) is 1.11. The van der Waals surface area contributed by atoms with Crippen molar-refractivity contribution in [2.45, 2.75) is 68.6 Å². The number of fused-ring (bicyclic) bond motifs is 2. The van der Waals surface area contributed by atoms with Crippen LogP contribution in [0.2, 0.25) is 0 Å². The van der Waals surface area contributed by atoms with Gasteiger partial charge >= 0.3 is 6.03 Å². The molecule has 2 aliphatic heterocycles. The fourth-order valence-electron chi connectivity index (χ4n) is 4.54. The minimum Gasteiger partial charge on any atom is -0.335 e. The predicted molar refractivity (Wildman–Crippen MR) is 91.2 cm³/mol. The van der Waals surface area contributed by atoms with Gasteiger partial charge in [-0.25, -0.2) is 4.79 Å². The van der Waals surface area contributed by atoms with Crippen molar-refractivity contribution in [3.05, 3.63) is 35.9 Å². The first-order valence-corrected chi connectivity index (χ1v) is 9.02. The van der Waals surface area contributed by atoms with Gasteiger partial charge in [0.1, 0.15) is 0 Å². The predicted octanol–water partition coefficient (Wildman–Crippen LogP) is 2.99. The molecular weight excluding hydrogens is 286 g/mol. The number of piperidine rings is 2. The summed E-state index contributed by atoms with van der Waals surface area (Å²) in [6.07, 6.45) is 8.18. The first-order chi connectivity index (χ1) is 11.2. The molecule has 0 spiro atoms. The zero-order valence-corrected chi connectivity index (χ0v) is 13.9. The van der Waals surface area contributed by atoms with E-state index in [9.17, 15) is 4.79 Å². The number of carbonyl (C=O) groups is 1. The SMILES string of the molecule is CN1[C@H]2CCC[C@H]1CC(NC(=O)NC1(c3ccccc3)CC1)C2. The van der Waals surface area contributed by atoms with E-state index in [0.717, 1.165) is 25.7 Å². The third-order valence-corrected chi connectivity index (χ3v) is 6.10. The molecule has 124 valence electrons. The van der Waals surface area contributed by atoms with E-state index < -0.39 is 0 Å². The standard InChI is InChI=1S/C19H27N3O/c1-22-16-8-5-9-17(22)13-15(12-16)20-18(23)21-19(10-11-19)14-6-3-2-4-7-14/h2-4,6-7,15-17H,5,8-13H2,1H3,(H2,20,21,23)/t16-,17-/m0/s1. The summed E-state index contributed by atoms with van der Waals surface area (Å²) in [6, 6.07) is 12.0. The van der Waals surface area contributed by atoms with Gasteiger partial charge in [-0.05, 0) is 51.1 Å². The average molecular weight is 313 g/mol. The molecule has 4 heteroatoms. The van der Waals surface area contributed by atoms with Crippen molar-refractivity contribution in [2.24, 2.45) is 0 Å². The highest BCUT2D eigenvalue weighted by Crippen LogP contribution is 2.45. The summed E-state index contributed by atoms with van der Waals surface area (Å²) in [6.45, 7) is 0. The fourth-order valence-corrected chi connectivity index (χ4v) is 4.54. The van der Waals surface area contributed by atoms with Crippen LogP contribution in [0.25, 0.3) is 0 Å². The van der Waals surface area contributed by atoms with Crippen molar-refractivity contribution in [1.29, 1.82) is 0 Å². The maximum absolute atomic E-state index is 12.5. The molecule has 2 N–H and O–H groups in total. The van der Waals surface area contributed by atoms with Gasteiger partial charge in [-0.2, -0.15) is 0 Å². The van der Waals surface area contributed by atoms with E-state index in [1.165, 1.54) is 24.8 Å². The molecule has 4 nitrogen and oxygen atoms in total. The van der Waals surface area contributed by atoms with Crippen LogP contribution in [0.3, 0.4) is 0 Å². The normalized spacial score (nSPS) is 32.1. The molecule has 3 fully saturated rings. The molecule has 23 heavy (non-hydrogen) atoms. The fraction of sp³-hybridized carbons (Fsp3) is 0.632. The van der Waals surface area contributed by atoms with E-state index in [1.807, 2.05) is 18.2 Å². The second-order valence-corrected chi connectivity index (χ2v) is 7.62. The highest BCUT2D eigenvalue weighted by atomic mass is 16.2. The van der Waals surface area contributed by atoms with Gasteiger partial charge in [0, 0.05) is 18.1 Å². The van der Waals surface area contributed by atoms with Gasteiger partial charge in [-0.1, -0.05) is 36.8 Å². The van der Waals surface area contributed by atoms with Crippen molar-refractivity contribution >= 4 is 6.03 Å². The molecule has 2 bridgehead atoms. The number of amides is 2. The number of urea groups is 1. The van der Waals surface area contributed by atoms with E-state index in [2.05, 4.69) is 34.7 Å². The minimum atomic E-state index is -0.118. The van der Waals surface area contributed by atoms with E-state index in [1.54, 1.807) is 0 Å². The molecule has 0 aromatic heterocycles. The van der Waals surface area contributed by atoms with Crippen LogP contribution in [0.1, 0.15) is 50.5 Å². The Bertz CT molecular complexity index is 555. The second kappa shape index (κ2) is 5.82. The van der Waals surface area contributed by atoms with Crippen LogP contribution in [-0.4, -0.2) is 36.1 Å². The molecule has 3 aliphatic rings. The Balaban J connectivity index is 1.36. The Hall–Kier alpha value is -1.55. The number of nitrogens with one attached hydrogen (secondary N) is 2. The monoisotopic (exact) mass is 313 g/mol. The lowest BCUT2D eigenvalue weighted by molar-refractivity contribution is 0.0507. The lowest BCUT2D eigenvalue weighted by atomic mass is 9.82. The summed E-state index contributed by atoms with van der Waals surface area (Å²) in [7, 11) is 2.25. The molecular formula is C19H27N3O. The smallest absolute Gasteiger partial charge is 0.315 e. The molecule has 2 saturated heterocycles. The van der Waals surface area contributed by atoms with Gasteiger partial charge in [0.05, 0.1) is 5.54 Å². The van der Waals surface area contributed by atoms with Crippen molar-refractivity contribution in [1.82, 2.24) is 15.5 Å². The molecule has 1 saturated carbocycles. The molecule has 1 aliphatic carbocycles. The zero-order valence-electron chi connectivity index (χ0n) is 13.9. The topological polar surface area (TPSA) is 44.4 Å². The first-order valence-electron chi connectivity index (χ1n) is 9.02. The molecule has 2 amide bonds. The summed E-state index contributed by atoms with van der Waals surface area (Å²) in [4.78, 5) is 15.0. The largest absolute Gasteiger partial charge is 0.335 e. The summed E-state index contributed by atoms with van der Waals surface area (Å²) in [5.74, 6) is 0. The van der Waals surface area contributed by atoms with Crippen molar-refractivity contribution < 1.29 is 4.79 Å². The third-order valence-electron chi connectivity index (χ3n) is 6.10.